The number of hydrogen-bond donors (Lipinski definition) is 0. The first-order valence-electron chi connectivity index (χ1n) is 3.81. The highest BCUT2D eigenvalue weighted by Crippen LogP contribution is 2.20. The molecule has 72 valence electrons. The predicted octanol–water partition coefficient (Wildman–Crippen LogP) is 1.22. The van der Waals surface area contributed by atoms with E-state index < -0.39 is 0 Å². The molecule has 0 saturated carbocycles. The lowest BCUT2D eigenvalue weighted by atomic mass is 10.3. The molecule has 0 aliphatic rings. The molecule has 5 heteroatoms. The van der Waals surface area contributed by atoms with Crippen LogP contribution in [0.5, 0.6) is 0 Å². The molecule has 0 amide bonds. The summed E-state index contributed by atoms with van der Waals surface area (Å²) in [7, 11) is 1.33. The minimum absolute atomic E-state index is 0.191. The van der Waals surface area contributed by atoms with Gasteiger partial charge in [0.25, 0.3) is 0 Å². The number of carbonyl (C=O) groups excluding carboxylic acids is 1. The van der Waals surface area contributed by atoms with E-state index in [9.17, 15) is 4.79 Å². The van der Waals surface area contributed by atoms with Crippen molar-refractivity contribution in [3.05, 3.63) is 24.0 Å². The van der Waals surface area contributed by atoms with Gasteiger partial charge in [-0.3, -0.25) is 9.78 Å². The molecule has 1 aromatic heterocycles. The maximum Gasteiger partial charge on any atom is 0.315 e. The van der Waals surface area contributed by atoms with E-state index in [1.807, 2.05) is 6.07 Å². The number of aromatic nitrogens is 1. The van der Waals surface area contributed by atoms with E-state index in [0.717, 1.165) is 0 Å². The molecular formula is C9H8N2O2S. The molecule has 0 radical (unpaired) electrons. The van der Waals surface area contributed by atoms with Gasteiger partial charge in [-0.05, 0) is 6.07 Å². The molecule has 0 unspecified atom stereocenters. The van der Waals surface area contributed by atoms with E-state index in [2.05, 4.69) is 9.72 Å². The summed E-state index contributed by atoms with van der Waals surface area (Å²) in [5.41, 5.74) is 0.522. The number of thioether (sulfide) groups is 1. The van der Waals surface area contributed by atoms with Gasteiger partial charge in [0.05, 0.1) is 18.4 Å². The average molecular weight is 208 g/mol. The van der Waals surface area contributed by atoms with Crippen molar-refractivity contribution in [1.29, 1.82) is 5.26 Å². The standard InChI is InChI=1S/C9H8N2O2S/c1-13-9(12)6-14-8-5-11-3-2-7(8)4-10/h2-3,5H,6H2,1H3. The van der Waals surface area contributed by atoms with Gasteiger partial charge >= 0.3 is 5.97 Å². The summed E-state index contributed by atoms with van der Waals surface area (Å²) >= 11 is 1.24. The summed E-state index contributed by atoms with van der Waals surface area (Å²) < 4.78 is 4.48. The Balaban J connectivity index is 2.68. The number of nitriles is 1. The van der Waals surface area contributed by atoms with E-state index in [1.54, 1.807) is 18.5 Å². The van der Waals surface area contributed by atoms with E-state index in [4.69, 9.17) is 5.26 Å². The molecule has 0 bridgehead atoms. The first-order chi connectivity index (χ1) is 6.77. The number of carbonyl (C=O) groups is 1. The molecule has 0 aliphatic carbocycles. The Bertz CT molecular complexity index is 373. The fraction of sp³-hybridized carbons (Fsp3) is 0.222. The van der Waals surface area contributed by atoms with Crippen molar-refractivity contribution in [3.8, 4) is 6.07 Å². The van der Waals surface area contributed by atoms with E-state index in [1.165, 1.54) is 18.9 Å². The summed E-state index contributed by atoms with van der Waals surface area (Å²) in [5, 5.41) is 8.73. The van der Waals surface area contributed by atoms with Crippen LogP contribution in [0.3, 0.4) is 0 Å². The topological polar surface area (TPSA) is 63.0 Å². The van der Waals surface area contributed by atoms with Crippen LogP contribution in [0, 0.1) is 11.3 Å². The van der Waals surface area contributed by atoms with Crippen LogP contribution in [0.25, 0.3) is 0 Å². The number of esters is 1. The number of methoxy groups -OCH3 is 1. The second-order valence-electron chi connectivity index (χ2n) is 2.35. The zero-order valence-corrected chi connectivity index (χ0v) is 8.37. The highest BCUT2D eigenvalue weighted by Gasteiger charge is 2.05. The summed E-state index contributed by atoms with van der Waals surface area (Å²) in [6.45, 7) is 0. The van der Waals surface area contributed by atoms with Gasteiger partial charge < -0.3 is 4.74 Å². The van der Waals surface area contributed by atoms with Crippen molar-refractivity contribution in [2.45, 2.75) is 4.90 Å². The number of ether oxygens (including phenoxy) is 1. The highest BCUT2D eigenvalue weighted by molar-refractivity contribution is 8.00. The van der Waals surface area contributed by atoms with E-state index in [0.29, 0.717) is 10.5 Å². The van der Waals surface area contributed by atoms with Crippen molar-refractivity contribution >= 4 is 17.7 Å². The molecule has 0 fully saturated rings. The Labute approximate surface area is 85.9 Å². The maximum atomic E-state index is 10.8. The second kappa shape index (κ2) is 5.25. The smallest absolute Gasteiger partial charge is 0.315 e. The molecule has 1 rings (SSSR count). The minimum atomic E-state index is -0.317. The molecule has 0 aliphatic heterocycles. The monoisotopic (exact) mass is 208 g/mol. The third-order valence-corrected chi connectivity index (χ3v) is 2.49. The van der Waals surface area contributed by atoms with Crippen molar-refractivity contribution in [1.82, 2.24) is 4.98 Å². The van der Waals surface area contributed by atoms with Gasteiger partial charge in [0, 0.05) is 17.3 Å². The van der Waals surface area contributed by atoms with Crippen LogP contribution in [0.1, 0.15) is 5.56 Å². The molecule has 0 N–H and O–H groups in total. The van der Waals surface area contributed by atoms with Crippen LogP contribution >= 0.6 is 11.8 Å². The molecule has 14 heavy (non-hydrogen) atoms. The minimum Gasteiger partial charge on any atom is -0.468 e. The maximum absolute atomic E-state index is 10.8. The molecular weight excluding hydrogens is 200 g/mol. The Hall–Kier alpha value is -1.54. The fourth-order valence-corrected chi connectivity index (χ4v) is 1.58. The third kappa shape index (κ3) is 2.75. The Morgan fingerprint density at radius 1 is 1.79 bits per heavy atom. The normalized spacial score (nSPS) is 9.14. The first kappa shape index (κ1) is 10.5. The zero-order valence-electron chi connectivity index (χ0n) is 7.56. The van der Waals surface area contributed by atoms with Gasteiger partial charge in [-0.2, -0.15) is 5.26 Å². The second-order valence-corrected chi connectivity index (χ2v) is 3.37. The van der Waals surface area contributed by atoms with Crippen LogP contribution < -0.4 is 0 Å². The fourth-order valence-electron chi connectivity index (χ4n) is 0.783. The van der Waals surface area contributed by atoms with Gasteiger partial charge in [-0.15, -0.1) is 11.8 Å². The summed E-state index contributed by atoms with van der Waals surface area (Å²) in [5.74, 6) is -0.126. The quantitative estimate of drug-likeness (QED) is 0.552. The van der Waals surface area contributed by atoms with Crippen LogP contribution in [0.2, 0.25) is 0 Å². The van der Waals surface area contributed by atoms with E-state index in [-0.39, 0.29) is 11.7 Å². The van der Waals surface area contributed by atoms with Gasteiger partial charge in [0.1, 0.15) is 6.07 Å². The molecule has 1 aromatic rings. The third-order valence-electron chi connectivity index (χ3n) is 1.48. The van der Waals surface area contributed by atoms with Gasteiger partial charge in [0.15, 0.2) is 0 Å². The number of pyridine rings is 1. The average Bonchev–Trinajstić information content (AvgIpc) is 2.26. The van der Waals surface area contributed by atoms with Gasteiger partial charge in [-0.1, -0.05) is 0 Å². The Kier molecular flexibility index (Phi) is 3.95. The lowest BCUT2D eigenvalue weighted by molar-refractivity contribution is -0.137. The van der Waals surface area contributed by atoms with Crippen LogP contribution in [-0.2, 0) is 9.53 Å². The largest absolute Gasteiger partial charge is 0.468 e. The van der Waals surface area contributed by atoms with Crippen molar-refractivity contribution < 1.29 is 9.53 Å². The predicted molar refractivity (Wildman–Crippen MR) is 51.7 cm³/mol. The summed E-state index contributed by atoms with van der Waals surface area (Å²) in [4.78, 5) is 15.4. The molecule has 0 saturated heterocycles. The van der Waals surface area contributed by atoms with Crippen LogP contribution in [0.15, 0.2) is 23.4 Å². The molecule has 1 heterocycles. The Morgan fingerprint density at radius 3 is 3.21 bits per heavy atom. The molecule has 0 atom stereocenters. The number of rotatable bonds is 3. The zero-order chi connectivity index (χ0) is 10.4. The van der Waals surface area contributed by atoms with E-state index >= 15 is 0 Å². The van der Waals surface area contributed by atoms with Crippen molar-refractivity contribution in [2.24, 2.45) is 0 Å². The molecule has 0 spiro atoms. The van der Waals surface area contributed by atoms with Crippen LogP contribution in [-0.4, -0.2) is 23.8 Å². The summed E-state index contributed by atoms with van der Waals surface area (Å²) in [6.07, 6.45) is 3.10. The van der Waals surface area contributed by atoms with Crippen molar-refractivity contribution in [2.75, 3.05) is 12.9 Å². The lowest BCUT2D eigenvalue weighted by Crippen LogP contribution is -2.03. The first-order valence-corrected chi connectivity index (χ1v) is 4.80. The lowest BCUT2D eigenvalue weighted by Gasteiger charge is -2.00. The SMILES string of the molecule is COC(=O)CSc1cnccc1C#N. The molecule has 4 nitrogen and oxygen atoms in total. The van der Waals surface area contributed by atoms with Gasteiger partial charge in [0.2, 0.25) is 0 Å². The highest BCUT2D eigenvalue weighted by atomic mass is 32.2. The number of nitrogens with zero attached hydrogens (tertiary/aromatic N) is 2. The molecule has 0 aromatic carbocycles. The van der Waals surface area contributed by atoms with Gasteiger partial charge in [-0.25, -0.2) is 0 Å². The van der Waals surface area contributed by atoms with Crippen molar-refractivity contribution in [3.63, 3.8) is 0 Å². The Morgan fingerprint density at radius 2 is 2.57 bits per heavy atom. The number of hydrogen-bond acceptors (Lipinski definition) is 5. The van der Waals surface area contributed by atoms with Crippen LogP contribution in [0.4, 0.5) is 0 Å². The summed E-state index contributed by atoms with van der Waals surface area (Å²) in [6, 6.07) is 3.64.